The Morgan fingerprint density at radius 2 is 2.00 bits per heavy atom. The number of anilines is 1. The Morgan fingerprint density at radius 3 is 2.75 bits per heavy atom. The average molecular weight is 492 g/mol. The summed E-state index contributed by atoms with van der Waals surface area (Å²) in [5.41, 5.74) is 2.77. The molecule has 0 spiro atoms. The molecule has 36 heavy (non-hydrogen) atoms. The number of carbonyl (C=O) groups excluding carboxylic acids is 2. The minimum Gasteiger partial charge on any atom is -0.348 e. The third-order valence-electron chi connectivity index (χ3n) is 6.57. The van der Waals surface area contributed by atoms with Crippen molar-refractivity contribution in [2.24, 2.45) is 0 Å². The van der Waals surface area contributed by atoms with Gasteiger partial charge in [0, 0.05) is 5.56 Å². The fraction of sp³-hybridized carbons (Fsp3) is 0.333. The molecule has 2 aromatic carbocycles. The van der Waals surface area contributed by atoms with Gasteiger partial charge in [0.15, 0.2) is 0 Å². The van der Waals surface area contributed by atoms with E-state index in [0.717, 1.165) is 24.8 Å². The van der Waals surface area contributed by atoms with Crippen LogP contribution in [-0.2, 0) is 22.6 Å². The number of likely N-dealkylation sites (N-methyl/N-ethyl adjacent to an activating group) is 1. The Balaban J connectivity index is 1.68. The molecule has 4 rings (SSSR count). The van der Waals surface area contributed by atoms with Gasteiger partial charge in [-0.1, -0.05) is 24.3 Å². The Bertz CT molecular complexity index is 1350. The fourth-order valence-corrected chi connectivity index (χ4v) is 4.48. The molecule has 0 bridgehead atoms. The van der Waals surface area contributed by atoms with Gasteiger partial charge < -0.3 is 16.0 Å². The number of halogens is 1. The van der Waals surface area contributed by atoms with E-state index in [1.807, 2.05) is 18.2 Å². The first-order valence-corrected chi connectivity index (χ1v) is 12.0. The first-order valence-electron chi connectivity index (χ1n) is 12.0. The van der Waals surface area contributed by atoms with Crippen molar-refractivity contribution >= 4 is 17.5 Å². The van der Waals surface area contributed by atoms with Crippen LogP contribution in [0.15, 0.2) is 53.5 Å². The van der Waals surface area contributed by atoms with Crippen molar-refractivity contribution in [2.75, 3.05) is 12.4 Å². The number of amides is 2. The minimum atomic E-state index is -0.570. The van der Waals surface area contributed by atoms with E-state index in [2.05, 4.69) is 27.0 Å². The minimum absolute atomic E-state index is 0.0403. The van der Waals surface area contributed by atoms with Crippen molar-refractivity contribution in [1.29, 1.82) is 0 Å². The summed E-state index contributed by atoms with van der Waals surface area (Å²) in [7, 11) is 1.63. The van der Waals surface area contributed by atoms with Gasteiger partial charge >= 0.3 is 0 Å². The van der Waals surface area contributed by atoms with Gasteiger partial charge in [0.1, 0.15) is 23.9 Å². The van der Waals surface area contributed by atoms with Crippen LogP contribution in [-0.4, -0.2) is 34.5 Å². The zero-order chi connectivity index (χ0) is 25.8. The molecule has 188 valence electrons. The largest absolute Gasteiger partial charge is 0.348 e. The van der Waals surface area contributed by atoms with Crippen molar-refractivity contribution in [3.05, 3.63) is 81.5 Å². The number of hydrogen-bond donors (Lipinski definition) is 3. The molecule has 0 fully saturated rings. The summed E-state index contributed by atoms with van der Waals surface area (Å²) in [4.78, 5) is 43.4. The van der Waals surface area contributed by atoms with Crippen LogP contribution in [0.5, 0.6) is 0 Å². The highest BCUT2D eigenvalue weighted by molar-refractivity contribution is 5.94. The second-order valence-corrected chi connectivity index (χ2v) is 9.06. The second-order valence-electron chi connectivity index (χ2n) is 9.06. The standard InChI is InChI=1S/C27H30FN5O3/c1-16-13-19(28)11-12-20(16)25-30-14-23(32-26(35)17(2)29-3)27(36)33(25)15-24(34)31-22-10-6-8-18-7-4-5-9-21(18)22/h4-5,7,9,11-14,17,22,29H,6,8,10,15H2,1-3H3,(H,31,34)(H,32,35)/t17?,22-/m1/s1. The molecule has 1 aliphatic carbocycles. The maximum Gasteiger partial charge on any atom is 0.278 e. The summed E-state index contributed by atoms with van der Waals surface area (Å²) in [6.07, 6.45) is 3.99. The molecular weight excluding hydrogens is 461 g/mol. The molecule has 0 saturated carbocycles. The fourth-order valence-electron chi connectivity index (χ4n) is 4.48. The number of nitrogens with zero attached hydrogens (tertiary/aromatic N) is 2. The van der Waals surface area contributed by atoms with E-state index in [1.165, 1.54) is 34.5 Å². The number of carbonyl (C=O) groups is 2. The molecule has 2 amide bonds. The van der Waals surface area contributed by atoms with E-state index in [0.29, 0.717) is 11.1 Å². The van der Waals surface area contributed by atoms with Crippen molar-refractivity contribution in [3.8, 4) is 11.4 Å². The lowest BCUT2D eigenvalue weighted by Gasteiger charge is -2.26. The summed E-state index contributed by atoms with van der Waals surface area (Å²) in [5, 5.41) is 8.45. The monoisotopic (exact) mass is 491 g/mol. The Hall–Kier alpha value is -3.85. The molecule has 3 aromatic rings. The van der Waals surface area contributed by atoms with Crippen LogP contribution >= 0.6 is 0 Å². The Kier molecular flexibility index (Phi) is 7.59. The maximum atomic E-state index is 13.7. The zero-order valence-electron chi connectivity index (χ0n) is 20.6. The van der Waals surface area contributed by atoms with Crippen LogP contribution in [0.25, 0.3) is 11.4 Å². The maximum absolute atomic E-state index is 13.7. The number of aromatic nitrogens is 2. The number of aryl methyl sites for hydroxylation is 2. The van der Waals surface area contributed by atoms with E-state index >= 15 is 0 Å². The lowest BCUT2D eigenvalue weighted by Crippen LogP contribution is -2.40. The quantitative estimate of drug-likeness (QED) is 0.471. The number of rotatable bonds is 7. The zero-order valence-corrected chi connectivity index (χ0v) is 20.6. The lowest BCUT2D eigenvalue weighted by molar-refractivity contribution is -0.122. The van der Waals surface area contributed by atoms with Gasteiger partial charge in [-0.15, -0.1) is 0 Å². The van der Waals surface area contributed by atoms with E-state index in [9.17, 15) is 18.8 Å². The predicted octanol–water partition coefficient (Wildman–Crippen LogP) is 3.10. The van der Waals surface area contributed by atoms with E-state index < -0.39 is 23.3 Å². The summed E-state index contributed by atoms with van der Waals surface area (Å²) in [6.45, 7) is 3.06. The molecule has 1 aliphatic rings. The van der Waals surface area contributed by atoms with Gasteiger partial charge in [-0.2, -0.15) is 0 Å². The molecule has 8 nitrogen and oxygen atoms in total. The SMILES string of the molecule is CNC(C)C(=O)Nc1cnc(-c2ccc(F)cc2C)n(CC(=O)N[C@@H]2CCCc3ccccc32)c1=O. The average Bonchev–Trinajstić information content (AvgIpc) is 2.86. The third-order valence-corrected chi connectivity index (χ3v) is 6.57. The first-order chi connectivity index (χ1) is 17.3. The number of benzene rings is 2. The molecule has 1 aromatic heterocycles. The van der Waals surface area contributed by atoms with Crippen LogP contribution in [0.3, 0.4) is 0 Å². The highest BCUT2D eigenvalue weighted by atomic mass is 19.1. The normalized spacial score (nSPS) is 15.6. The summed E-state index contributed by atoms with van der Waals surface area (Å²) >= 11 is 0. The van der Waals surface area contributed by atoms with Crippen molar-refractivity contribution < 1.29 is 14.0 Å². The van der Waals surface area contributed by atoms with Crippen molar-refractivity contribution in [1.82, 2.24) is 20.2 Å². The summed E-state index contributed by atoms with van der Waals surface area (Å²) in [6, 6.07) is 11.5. The summed E-state index contributed by atoms with van der Waals surface area (Å²) in [5.74, 6) is -0.953. The van der Waals surface area contributed by atoms with Crippen molar-refractivity contribution in [2.45, 2.75) is 51.7 Å². The topological polar surface area (TPSA) is 105 Å². The highest BCUT2D eigenvalue weighted by Gasteiger charge is 2.24. The second kappa shape index (κ2) is 10.8. The Morgan fingerprint density at radius 1 is 1.22 bits per heavy atom. The lowest BCUT2D eigenvalue weighted by atomic mass is 9.88. The smallest absolute Gasteiger partial charge is 0.278 e. The van der Waals surface area contributed by atoms with Gasteiger partial charge in [0.25, 0.3) is 5.56 Å². The van der Waals surface area contributed by atoms with E-state index in [-0.39, 0.29) is 30.0 Å². The molecule has 2 atom stereocenters. The molecule has 3 N–H and O–H groups in total. The molecule has 0 saturated heterocycles. The summed E-state index contributed by atoms with van der Waals surface area (Å²) < 4.78 is 15.0. The molecule has 0 aliphatic heterocycles. The molecule has 1 unspecified atom stereocenters. The number of nitrogens with one attached hydrogen (secondary N) is 3. The van der Waals surface area contributed by atoms with Gasteiger partial charge in [-0.05, 0) is 75.0 Å². The van der Waals surface area contributed by atoms with Gasteiger partial charge in [-0.3, -0.25) is 19.0 Å². The van der Waals surface area contributed by atoms with Crippen LogP contribution in [0.4, 0.5) is 10.1 Å². The number of fused-ring (bicyclic) bond motifs is 1. The predicted molar refractivity (Wildman–Crippen MR) is 136 cm³/mol. The molecule has 9 heteroatoms. The molecule has 0 radical (unpaired) electrons. The van der Waals surface area contributed by atoms with Gasteiger partial charge in [-0.25, -0.2) is 9.37 Å². The van der Waals surface area contributed by atoms with E-state index in [4.69, 9.17) is 0 Å². The third kappa shape index (κ3) is 5.36. The first kappa shape index (κ1) is 25.2. The van der Waals surface area contributed by atoms with Crippen LogP contribution in [0.1, 0.15) is 42.5 Å². The van der Waals surface area contributed by atoms with Crippen LogP contribution in [0.2, 0.25) is 0 Å². The molecule has 1 heterocycles. The Labute approximate surface area is 209 Å². The van der Waals surface area contributed by atoms with E-state index in [1.54, 1.807) is 20.9 Å². The van der Waals surface area contributed by atoms with Crippen LogP contribution < -0.4 is 21.5 Å². The van der Waals surface area contributed by atoms with Crippen molar-refractivity contribution in [3.63, 3.8) is 0 Å². The van der Waals surface area contributed by atoms with Gasteiger partial charge in [0.2, 0.25) is 11.8 Å². The molecular formula is C27H30FN5O3. The van der Waals surface area contributed by atoms with Gasteiger partial charge in [0.05, 0.1) is 18.3 Å². The number of hydrogen-bond acceptors (Lipinski definition) is 5. The highest BCUT2D eigenvalue weighted by Crippen LogP contribution is 2.29. The van der Waals surface area contributed by atoms with Crippen LogP contribution in [0, 0.1) is 12.7 Å².